The van der Waals surface area contributed by atoms with E-state index in [2.05, 4.69) is 18.2 Å². The van der Waals surface area contributed by atoms with Gasteiger partial charge in [0.15, 0.2) is 0 Å². The second-order valence-electron chi connectivity index (χ2n) is 6.44. The zero-order valence-electron chi connectivity index (χ0n) is 15.2. The summed E-state index contributed by atoms with van der Waals surface area (Å²) < 4.78 is 17.7. The van der Waals surface area contributed by atoms with Crippen molar-refractivity contribution in [3.63, 3.8) is 0 Å². The molecule has 0 heterocycles. The lowest BCUT2D eigenvalue weighted by atomic mass is 10.0. The summed E-state index contributed by atoms with van der Waals surface area (Å²) in [5, 5.41) is 0. The van der Waals surface area contributed by atoms with Gasteiger partial charge in [-0.25, -0.2) is 9.18 Å². The topological polar surface area (TPSA) is 26.3 Å². The predicted octanol–water partition coefficient (Wildman–Crippen LogP) is 6.88. The van der Waals surface area contributed by atoms with Gasteiger partial charge in [0.2, 0.25) is 6.36 Å². The molecule has 0 rings (SSSR count). The average molecular weight is 329 g/mol. The lowest BCUT2D eigenvalue weighted by Crippen LogP contribution is -2.11. The Balaban J connectivity index is 3.13. The average Bonchev–Trinajstić information content (AvgIpc) is 2.55. The summed E-state index contributed by atoms with van der Waals surface area (Å²) in [6.07, 6.45) is 17.7. The number of hydrogen-bond acceptors (Lipinski definition) is 2. The summed E-state index contributed by atoms with van der Waals surface area (Å²) in [5.74, 6) is -0.678. The van der Waals surface area contributed by atoms with Crippen LogP contribution in [-0.2, 0) is 9.53 Å². The van der Waals surface area contributed by atoms with Crippen LogP contribution in [0.5, 0.6) is 0 Å². The van der Waals surface area contributed by atoms with Crippen LogP contribution >= 0.6 is 0 Å². The normalized spacial score (nSPS) is 12.1. The molecule has 1 atom stereocenters. The number of rotatable bonds is 17. The summed E-state index contributed by atoms with van der Waals surface area (Å²) in [6.45, 7) is 5.50. The highest BCUT2D eigenvalue weighted by Crippen LogP contribution is 2.14. The number of esters is 1. The molecule has 0 saturated carbocycles. The Hall–Kier alpha value is -0.860. The zero-order chi connectivity index (χ0) is 17.2. The van der Waals surface area contributed by atoms with Crippen LogP contribution in [0.3, 0.4) is 0 Å². The van der Waals surface area contributed by atoms with Crippen LogP contribution in [0.15, 0.2) is 12.7 Å². The fourth-order valence-corrected chi connectivity index (χ4v) is 2.73. The third kappa shape index (κ3) is 17.3. The predicted molar refractivity (Wildman–Crippen MR) is 96.1 cm³/mol. The molecule has 1 unspecified atom stereocenters. The van der Waals surface area contributed by atoms with Crippen molar-refractivity contribution in [1.82, 2.24) is 0 Å². The summed E-state index contributed by atoms with van der Waals surface area (Å²) in [7, 11) is 0. The molecule has 136 valence electrons. The van der Waals surface area contributed by atoms with E-state index in [0.29, 0.717) is 6.42 Å². The van der Waals surface area contributed by atoms with Crippen molar-refractivity contribution in [2.45, 2.75) is 110 Å². The van der Waals surface area contributed by atoms with E-state index in [1.807, 2.05) is 0 Å². The lowest BCUT2D eigenvalue weighted by molar-refractivity contribution is -0.152. The number of ether oxygens (including phenoxy) is 1. The van der Waals surface area contributed by atoms with Gasteiger partial charge in [-0.05, 0) is 6.42 Å². The second-order valence-corrected chi connectivity index (χ2v) is 6.44. The first-order valence-corrected chi connectivity index (χ1v) is 9.67. The van der Waals surface area contributed by atoms with E-state index in [4.69, 9.17) is 0 Å². The molecule has 23 heavy (non-hydrogen) atoms. The van der Waals surface area contributed by atoms with Crippen LogP contribution in [0.2, 0.25) is 0 Å². The highest BCUT2D eigenvalue weighted by atomic mass is 19.1. The molecule has 0 aromatic carbocycles. The van der Waals surface area contributed by atoms with Gasteiger partial charge >= 0.3 is 5.97 Å². The van der Waals surface area contributed by atoms with E-state index >= 15 is 0 Å². The molecule has 0 aromatic heterocycles. The van der Waals surface area contributed by atoms with E-state index in [0.717, 1.165) is 25.3 Å². The largest absolute Gasteiger partial charge is 0.428 e. The van der Waals surface area contributed by atoms with E-state index in [1.165, 1.54) is 70.6 Å². The van der Waals surface area contributed by atoms with E-state index in [9.17, 15) is 9.18 Å². The Bertz CT molecular complexity index is 279. The van der Waals surface area contributed by atoms with Crippen LogP contribution < -0.4 is 0 Å². The van der Waals surface area contributed by atoms with Crippen molar-refractivity contribution in [3.8, 4) is 0 Å². The maximum absolute atomic E-state index is 13.2. The molecule has 0 aromatic rings. The molecule has 0 radical (unpaired) electrons. The number of carbonyl (C=O) groups is 1. The van der Waals surface area contributed by atoms with Crippen LogP contribution in [0.4, 0.5) is 4.39 Å². The Morgan fingerprint density at radius 3 is 1.65 bits per heavy atom. The molecular weight excluding hydrogens is 291 g/mol. The Labute approximate surface area is 142 Å². The van der Waals surface area contributed by atoms with E-state index < -0.39 is 12.3 Å². The first-order chi connectivity index (χ1) is 11.2. The molecule has 0 amide bonds. The molecule has 0 N–H and O–H groups in total. The summed E-state index contributed by atoms with van der Waals surface area (Å²) in [6, 6.07) is 0. The molecular formula is C20H37FO2. The minimum atomic E-state index is -1.47. The van der Waals surface area contributed by atoms with E-state index in [1.54, 1.807) is 0 Å². The Kier molecular flexibility index (Phi) is 16.8. The van der Waals surface area contributed by atoms with Crippen molar-refractivity contribution in [1.29, 1.82) is 0 Å². The molecule has 0 aliphatic rings. The van der Waals surface area contributed by atoms with Crippen molar-refractivity contribution in [3.05, 3.63) is 12.7 Å². The number of carbonyl (C=O) groups excluding carboxylic acids is 1. The summed E-state index contributed by atoms with van der Waals surface area (Å²) in [5.41, 5.74) is 0. The summed E-state index contributed by atoms with van der Waals surface area (Å²) >= 11 is 0. The SMILES string of the molecule is C=CC(=O)OC(F)CCCCCCCCCCCCCCCC. The molecule has 2 nitrogen and oxygen atoms in total. The van der Waals surface area contributed by atoms with Gasteiger partial charge in [-0.2, -0.15) is 0 Å². The van der Waals surface area contributed by atoms with Crippen LogP contribution in [-0.4, -0.2) is 12.3 Å². The number of hydrogen-bond donors (Lipinski definition) is 0. The molecule has 0 fully saturated rings. The van der Waals surface area contributed by atoms with Gasteiger partial charge in [-0.15, -0.1) is 0 Å². The minimum absolute atomic E-state index is 0.303. The monoisotopic (exact) mass is 328 g/mol. The van der Waals surface area contributed by atoms with Crippen LogP contribution in [0, 0.1) is 0 Å². The zero-order valence-corrected chi connectivity index (χ0v) is 15.2. The van der Waals surface area contributed by atoms with Crippen LogP contribution in [0.1, 0.15) is 103 Å². The van der Waals surface area contributed by atoms with Gasteiger partial charge in [0.1, 0.15) is 0 Å². The van der Waals surface area contributed by atoms with Gasteiger partial charge in [0.25, 0.3) is 0 Å². The van der Waals surface area contributed by atoms with Crippen LogP contribution in [0.25, 0.3) is 0 Å². The maximum atomic E-state index is 13.2. The van der Waals surface area contributed by atoms with Gasteiger partial charge in [0.05, 0.1) is 0 Å². The third-order valence-electron chi connectivity index (χ3n) is 4.20. The van der Waals surface area contributed by atoms with Crippen molar-refractivity contribution < 1.29 is 13.9 Å². The van der Waals surface area contributed by atoms with E-state index in [-0.39, 0.29) is 0 Å². The van der Waals surface area contributed by atoms with Gasteiger partial charge in [-0.3, -0.25) is 0 Å². The Morgan fingerprint density at radius 2 is 1.26 bits per heavy atom. The fourth-order valence-electron chi connectivity index (χ4n) is 2.73. The molecule has 0 spiro atoms. The highest BCUT2D eigenvalue weighted by Gasteiger charge is 2.09. The molecule has 0 saturated heterocycles. The van der Waals surface area contributed by atoms with Gasteiger partial charge < -0.3 is 4.74 Å². The quantitative estimate of drug-likeness (QED) is 0.165. The highest BCUT2D eigenvalue weighted by molar-refractivity contribution is 5.81. The fraction of sp³-hybridized carbons (Fsp3) is 0.850. The third-order valence-corrected chi connectivity index (χ3v) is 4.20. The second kappa shape index (κ2) is 17.5. The minimum Gasteiger partial charge on any atom is -0.428 e. The molecule has 0 aliphatic carbocycles. The smallest absolute Gasteiger partial charge is 0.332 e. The summed E-state index contributed by atoms with van der Waals surface area (Å²) in [4.78, 5) is 10.8. The van der Waals surface area contributed by atoms with Crippen molar-refractivity contribution in [2.24, 2.45) is 0 Å². The molecule has 0 aliphatic heterocycles. The number of alkyl halides is 1. The van der Waals surface area contributed by atoms with Gasteiger partial charge in [-0.1, -0.05) is 97.0 Å². The maximum Gasteiger partial charge on any atom is 0.332 e. The first kappa shape index (κ1) is 22.1. The number of halogens is 1. The standard InChI is InChI=1S/C20H37FO2/c1-3-5-6-7-8-9-10-11-12-13-14-15-16-17-18-19(21)23-20(22)4-2/h4,19H,2-3,5-18H2,1H3. The van der Waals surface area contributed by atoms with Crippen molar-refractivity contribution >= 4 is 5.97 Å². The number of unbranched alkanes of at least 4 members (excludes halogenated alkanes) is 13. The van der Waals surface area contributed by atoms with Gasteiger partial charge in [0, 0.05) is 12.5 Å². The lowest BCUT2D eigenvalue weighted by Gasteiger charge is -2.08. The Morgan fingerprint density at radius 1 is 0.870 bits per heavy atom. The first-order valence-electron chi connectivity index (χ1n) is 9.67. The molecule has 0 bridgehead atoms. The molecule has 3 heteroatoms. The van der Waals surface area contributed by atoms with Crippen molar-refractivity contribution in [2.75, 3.05) is 0 Å².